The summed E-state index contributed by atoms with van der Waals surface area (Å²) >= 11 is 6.44. The van der Waals surface area contributed by atoms with E-state index >= 15 is 0 Å². The van der Waals surface area contributed by atoms with Crippen molar-refractivity contribution >= 4 is 29.3 Å². The third kappa shape index (κ3) is 5.59. The summed E-state index contributed by atoms with van der Waals surface area (Å²) in [7, 11) is 5.03. The molecule has 2 heterocycles. The van der Waals surface area contributed by atoms with Crippen LogP contribution in [-0.4, -0.2) is 59.1 Å². The minimum Gasteiger partial charge on any atom is -0.481 e. The Balaban J connectivity index is 1.77. The minimum absolute atomic E-state index is 0.0890. The fraction of sp³-hybridized carbons (Fsp3) is 0.522. The van der Waals surface area contributed by atoms with E-state index in [2.05, 4.69) is 10.4 Å². The summed E-state index contributed by atoms with van der Waals surface area (Å²) in [6.07, 6.45) is -0.138. The number of aromatic nitrogens is 2. The molecule has 1 N–H and O–H groups in total. The highest BCUT2D eigenvalue weighted by molar-refractivity contribution is 6.34. The van der Waals surface area contributed by atoms with Crippen LogP contribution in [0.2, 0.25) is 5.02 Å². The van der Waals surface area contributed by atoms with Crippen LogP contribution >= 0.6 is 11.6 Å². The molecule has 1 aromatic carbocycles. The maximum Gasteiger partial charge on any atom is 0.410 e. The van der Waals surface area contributed by atoms with E-state index in [1.807, 2.05) is 33.8 Å². The average molecular weight is 479 g/mol. The van der Waals surface area contributed by atoms with Gasteiger partial charge in [-0.2, -0.15) is 5.10 Å². The minimum atomic E-state index is -0.567. The molecule has 1 aliphatic rings. The average Bonchev–Trinajstić information content (AvgIpc) is 3.24. The maximum absolute atomic E-state index is 12.3. The number of ether oxygens (including phenoxy) is 3. The number of nitrogens with zero attached hydrogens (tertiary/aromatic N) is 3. The number of carbonyl (C=O) groups is 2. The van der Waals surface area contributed by atoms with E-state index in [1.54, 1.807) is 32.0 Å². The summed E-state index contributed by atoms with van der Waals surface area (Å²) in [5.74, 6) is 0.467. The Morgan fingerprint density at radius 1 is 1.36 bits per heavy atom. The number of hydrogen-bond acceptors (Lipinski definition) is 6. The Morgan fingerprint density at radius 2 is 2.06 bits per heavy atom. The molecule has 0 aliphatic carbocycles. The number of rotatable bonds is 7. The van der Waals surface area contributed by atoms with Crippen molar-refractivity contribution in [3.05, 3.63) is 28.4 Å². The standard InChI is InChI=1S/C23H31ClN4O5/c1-13(27(5)22(30)33-23(2,3)4)11-32-12-17-19(21(31-7)28(6)26-17)14-8-15-10-18(29)25-20(15)16(24)9-14/h8-9,13H,10-12H2,1-7H3,(H,25,29)/t13-/m1/s1. The monoisotopic (exact) mass is 478 g/mol. The van der Waals surface area contributed by atoms with Crippen LogP contribution in [0.15, 0.2) is 12.1 Å². The van der Waals surface area contributed by atoms with Crippen molar-refractivity contribution in [1.82, 2.24) is 14.7 Å². The van der Waals surface area contributed by atoms with E-state index < -0.39 is 11.7 Å². The zero-order chi connectivity index (χ0) is 24.5. The van der Waals surface area contributed by atoms with Gasteiger partial charge in [0.25, 0.3) is 0 Å². The lowest BCUT2D eigenvalue weighted by Crippen LogP contribution is -2.41. The quantitative estimate of drug-likeness (QED) is 0.646. The third-order valence-electron chi connectivity index (χ3n) is 5.28. The van der Waals surface area contributed by atoms with E-state index in [4.69, 9.17) is 25.8 Å². The van der Waals surface area contributed by atoms with Crippen LogP contribution in [0, 0.1) is 0 Å². The number of nitrogens with one attached hydrogen (secondary N) is 1. The molecule has 2 aromatic rings. The van der Waals surface area contributed by atoms with Gasteiger partial charge in [0.1, 0.15) is 5.60 Å². The highest BCUT2D eigenvalue weighted by Gasteiger charge is 2.26. The highest BCUT2D eigenvalue weighted by Crippen LogP contribution is 2.40. The molecule has 0 fully saturated rings. The predicted octanol–water partition coefficient (Wildman–Crippen LogP) is 4.02. The molecule has 0 radical (unpaired) electrons. The smallest absolute Gasteiger partial charge is 0.410 e. The lowest BCUT2D eigenvalue weighted by molar-refractivity contribution is -0.115. The summed E-state index contributed by atoms with van der Waals surface area (Å²) in [5, 5.41) is 7.80. The molecule has 180 valence electrons. The van der Waals surface area contributed by atoms with E-state index in [0.29, 0.717) is 22.3 Å². The molecule has 33 heavy (non-hydrogen) atoms. The van der Waals surface area contributed by atoms with Crippen molar-refractivity contribution in [1.29, 1.82) is 0 Å². The molecule has 0 spiro atoms. The van der Waals surface area contributed by atoms with Gasteiger partial charge in [0.05, 0.1) is 54.8 Å². The van der Waals surface area contributed by atoms with Gasteiger partial charge in [0.15, 0.2) is 0 Å². The Hall–Kier alpha value is -2.78. The second-order valence-electron chi connectivity index (χ2n) is 9.13. The van der Waals surface area contributed by atoms with Crippen molar-refractivity contribution in [3.63, 3.8) is 0 Å². The van der Waals surface area contributed by atoms with Gasteiger partial charge in [0.2, 0.25) is 11.8 Å². The van der Waals surface area contributed by atoms with Gasteiger partial charge >= 0.3 is 6.09 Å². The fourth-order valence-corrected chi connectivity index (χ4v) is 3.87. The van der Waals surface area contributed by atoms with Gasteiger partial charge in [-0.15, -0.1) is 0 Å². The molecule has 0 saturated heterocycles. The first kappa shape index (κ1) is 24.9. The number of hydrogen-bond donors (Lipinski definition) is 1. The molecule has 10 heteroatoms. The molecule has 1 aliphatic heterocycles. The normalized spacial score (nSPS) is 14.0. The summed E-state index contributed by atoms with van der Waals surface area (Å²) in [5.41, 5.74) is 3.10. The molecule has 1 aromatic heterocycles. The first-order valence-corrected chi connectivity index (χ1v) is 11.0. The second-order valence-corrected chi connectivity index (χ2v) is 9.53. The molecule has 2 amide bonds. The third-order valence-corrected chi connectivity index (χ3v) is 5.57. The number of carbonyl (C=O) groups excluding carboxylic acids is 2. The zero-order valence-electron chi connectivity index (χ0n) is 20.1. The molecule has 0 bridgehead atoms. The number of amides is 2. The van der Waals surface area contributed by atoms with Crippen LogP contribution in [-0.2, 0) is 34.3 Å². The predicted molar refractivity (Wildman–Crippen MR) is 126 cm³/mol. The number of methoxy groups -OCH3 is 1. The molecule has 0 saturated carbocycles. The largest absolute Gasteiger partial charge is 0.481 e. The lowest BCUT2D eigenvalue weighted by atomic mass is 10.0. The molecule has 3 rings (SSSR count). The Labute approximate surface area is 198 Å². The van der Waals surface area contributed by atoms with Crippen LogP contribution in [0.4, 0.5) is 10.5 Å². The van der Waals surface area contributed by atoms with Crippen molar-refractivity contribution in [2.24, 2.45) is 7.05 Å². The number of halogens is 1. The molecular weight excluding hydrogens is 448 g/mol. The summed E-state index contributed by atoms with van der Waals surface area (Å²) in [6.45, 7) is 7.85. The van der Waals surface area contributed by atoms with Crippen molar-refractivity contribution in [2.45, 2.75) is 52.4 Å². The van der Waals surface area contributed by atoms with Crippen molar-refractivity contribution in [2.75, 3.05) is 26.1 Å². The molecular formula is C23H31ClN4O5. The van der Waals surface area contributed by atoms with Gasteiger partial charge in [0, 0.05) is 14.1 Å². The van der Waals surface area contributed by atoms with E-state index in [1.165, 1.54) is 4.90 Å². The van der Waals surface area contributed by atoms with E-state index in [0.717, 1.165) is 16.7 Å². The number of benzene rings is 1. The first-order valence-electron chi connectivity index (χ1n) is 10.7. The lowest BCUT2D eigenvalue weighted by Gasteiger charge is -2.28. The van der Waals surface area contributed by atoms with Crippen molar-refractivity contribution in [3.8, 4) is 17.0 Å². The number of aryl methyl sites for hydroxylation is 1. The summed E-state index contributed by atoms with van der Waals surface area (Å²) in [6, 6.07) is 3.50. The Morgan fingerprint density at radius 3 is 2.70 bits per heavy atom. The molecule has 9 nitrogen and oxygen atoms in total. The summed E-state index contributed by atoms with van der Waals surface area (Å²) in [4.78, 5) is 25.6. The zero-order valence-corrected chi connectivity index (χ0v) is 20.9. The van der Waals surface area contributed by atoms with E-state index in [-0.39, 0.29) is 31.6 Å². The second kappa shape index (κ2) is 9.61. The topological polar surface area (TPSA) is 94.9 Å². The van der Waals surface area contributed by atoms with Gasteiger partial charge in [-0.05, 0) is 51.0 Å². The van der Waals surface area contributed by atoms with Crippen LogP contribution < -0.4 is 10.1 Å². The number of anilines is 1. The van der Waals surface area contributed by atoms with Gasteiger partial charge in [-0.3, -0.25) is 4.79 Å². The van der Waals surface area contributed by atoms with Gasteiger partial charge in [-0.1, -0.05) is 11.6 Å². The maximum atomic E-state index is 12.3. The Kier molecular flexibility index (Phi) is 7.23. The molecule has 0 unspecified atom stereocenters. The number of likely N-dealkylation sites (N-methyl/N-ethyl adjacent to an activating group) is 1. The van der Waals surface area contributed by atoms with Gasteiger partial charge < -0.3 is 24.4 Å². The fourth-order valence-electron chi connectivity index (χ4n) is 3.58. The van der Waals surface area contributed by atoms with Crippen LogP contribution in [0.3, 0.4) is 0 Å². The van der Waals surface area contributed by atoms with Crippen LogP contribution in [0.1, 0.15) is 39.0 Å². The number of fused-ring (bicyclic) bond motifs is 1. The van der Waals surface area contributed by atoms with Gasteiger partial charge in [-0.25, -0.2) is 9.48 Å². The highest BCUT2D eigenvalue weighted by atomic mass is 35.5. The first-order chi connectivity index (χ1) is 15.4. The SMILES string of the molecule is COc1c(-c2cc(Cl)c3c(c2)CC(=O)N3)c(COC[C@@H](C)N(C)C(=O)OC(C)(C)C)nn1C. The Bertz CT molecular complexity index is 1060. The van der Waals surface area contributed by atoms with E-state index in [9.17, 15) is 9.59 Å². The summed E-state index contributed by atoms with van der Waals surface area (Å²) < 4.78 is 18.5. The molecule has 1 atom stereocenters. The van der Waals surface area contributed by atoms with Crippen LogP contribution in [0.5, 0.6) is 5.88 Å². The van der Waals surface area contributed by atoms with Crippen molar-refractivity contribution < 1.29 is 23.8 Å². The van der Waals surface area contributed by atoms with Crippen LogP contribution in [0.25, 0.3) is 11.1 Å².